The molecule has 5 nitrogen and oxygen atoms in total. The first-order chi connectivity index (χ1) is 11.4. The van der Waals surface area contributed by atoms with E-state index in [0.717, 1.165) is 12.8 Å². The van der Waals surface area contributed by atoms with Gasteiger partial charge >= 0.3 is 0 Å². The third-order valence-corrected chi connectivity index (χ3v) is 3.75. The fourth-order valence-electron chi connectivity index (χ4n) is 2.47. The van der Waals surface area contributed by atoms with Crippen LogP contribution in [0.1, 0.15) is 39.7 Å². The summed E-state index contributed by atoms with van der Waals surface area (Å²) in [6, 6.07) is 10.5. The predicted molar refractivity (Wildman–Crippen MR) is 97.8 cm³/mol. The molecule has 2 N–H and O–H groups in total. The summed E-state index contributed by atoms with van der Waals surface area (Å²) in [4.78, 5) is 25.8. The molecule has 0 aliphatic heterocycles. The third kappa shape index (κ3) is 8.67. The number of carbonyl (C=O) groups excluding carboxylic acids is 2. The molecule has 0 heterocycles. The molecule has 0 unspecified atom stereocenters. The minimum atomic E-state index is -0.0447. The summed E-state index contributed by atoms with van der Waals surface area (Å²) in [5, 5.41) is 5.86. The van der Waals surface area contributed by atoms with Crippen molar-refractivity contribution < 1.29 is 9.59 Å². The molecule has 0 saturated carbocycles. The number of nitrogens with one attached hydrogen (secondary N) is 2. The van der Waals surface area contributed by atoms with Gasteiger partial charge in [-0.2, -0.15) is 0 Å². The highest BCUT2D eigenvalue weighted by atomic mass is 16.2. The van der Waals surface area contributed by atoms with Crippen molar-refractivity contribution in [2.45, 2.75) is 52.6 Å². The van der Waals surface area contributed by atoms with Crippen LogP contribution in [-0.2, 0) is 16.0 Å². The normalized spacial score (nSPS) is 12.2. The molecule has 1 rings (SSSR count). The quantitative estimate of drug-likeness (QED) is 0.688. The van der Waals surface area contributed by atoms with Gasteiger partial charge < -0.3 is 10.6 Å². The highest BCUT2D eigenvalue weighted by Crippen LogP contribution is 2.04. The van der Waals surface area contributed by atoms with Gasteiger partial charge in [-0.05, 0) is 45.7 Å². The number of aryl methyl sites for hydroxylation is 1. The van der Waals surface area contributed by atoms with Gasteiger partial charge in [0.25, 0.3) is 0 Å². The highest BCUT2D eigenvalue weighted by Gasteiger charge is 2.15. The Labute approximate surface area is 145 Å². The van der Waals surface area contributed by atoms with Crippen molar-refractivity contribution >= 4 is 11.8 Å². The molecule has 1 aromatic rings. The first kappa shape index (κ1) is 20.2. The number of likely N-dealkylation sites (N-methyl/N-ethyl adjacent to an activating group) is 1. The fraction of sp³-hybridized carbons (Fsp3) is 0.579. The van der Waals surface area contributed by atoms with E-state index < -0.39 is 0 Å². The summed E-state index contributed by atoms with van der Waals surface area (Å²) >= 11 is 0. The Morgan fingerprint density at radius 2 is 1.58 bits per heavy atom. The first-order valence-electron chi connectivity index (χ1n) is 8.75. The average molecular weight is 333 g/mol. The smallest absolute Gasteiger partial charge is 0.234 e. The van der Waals surface area contributed by atoms with Gasteiger partial charge in [0.1, 0.15) is 0 Å². The lowest BCUT2D eigenvalue weighted by molar-refractivity contribution is -0.125. The second kappa shape index (κ2) is 10.8. The standard InChI is InChI=1S/C19H31N3O2/c1-5-22(13-18(23)20-15(2)3)14-19(24)21-16(4)11-12-17-9-7-6-8-10-17/h6-10,15-16H,5,11-14H2,1-4H3,(H,20,23)(H,21,24)/t16-/m1/s1. The number of hydrogen-bond donors (Lipinski definition) is 2. The van der Waals surface area contributed by atoms with Crippen LogP contribution in [0.4, 0.5) is 0 Å². The predicted octanol–water partition coefficient (Wildman–Crippen LogP) is 1.97. The van der Waals surface area contributed by atoms with Crippen molar-refractivity contribution in [2.24, 2.45) is 0 Å². The Morgan fingerprint density at radius 3 is 2.12 bits per heavy atom. The summed E-state index contributed by atoms with van der Waals surface area (Å²) in [6.45, 7) is 8.98. The molecule has 0 aliphatic carbocycles. The number of nitrogens with zero attached hydrogens (tertiary/aromatic N) is 1. The SMILES string of the molecule is CCN(CC(=O)NC(C)C)CC(=O)N[C@H](C)CCc1ccccc1. The summed E-state index contributed by atoms with van der Waals surface area (Å²) < 4.78 is 0. The van der Waals surface area contributed by atoms with Crippen molar-refractivity contribution in [1.29, 1.82) is 0 Å². The van der Waals surface area contributed by atoms with Crippen LogP contribution in [0.3, 0.4) is 0 Å². The van der Waals surface area contributed by atoms with E-state index in [2.05, 4.69) is 22.8 Å². The largest absolute Gasteiger partial charge is 0.353 e. The molecule has 5 heteroatoms. The van der Waals surface area contributed by atoms with Gasteiger partial charge in [-0.15, -0.1) is 0 Å². The van der Waals surface area contributed by atoms with Gasteiger partial charge in [-0.25, -0.2) is 0 Å². The van der Waals surface area contributed by atoms with Crippen molar-refractivity contribution in [3.8, 4) is 0 Å². The first-order valence-corrected chi connectivity index (χ1v) is 8.75. The lowest BCUT2D eigenvalue weighted by atomic mass is 10.1. The van der Waals surface area contributed by atoms with Crippen LogP contribution < -0.4 is 10.6 Å². The number of benzene rings is 1. The van der Waals surface area contributed by atoms with Gasteiger partial charge in [0.15, 0.2) is 0 Å². The zero-order valence-corrected chi connectivity index (χ0v) is 15.3. The van der Waals surface area contributed by atoms with Crippen molar-refractivity contribution in [1.82, 2.24) is 15.5 Å². The monoisotopic (exact) mass is 333 g/mol. The van der Waals surface area contributed by atoms with Crippen molar-refractivity contribution in [3.05, 3.63) is 35.9 Å². The number of carbonyl (C=O) groups is 2. The summed E-state index contributed by atoms with van der Waals surface area (Å²) in [6.07, 6.45) is 1.84. The third-order valence-electron chi connectivity index (χ3n) is 3.75. The molecule has 0 saturated heterocycles. The van der Waals surface area contributed by atoms with Crippen LogP contribution in [0.25, 0.3) is 0 Å². The Kier molecular flexibility index (Phi) is 9.08. The van der Waals surface area contributed by atoms with Gasteiger partial charge in [0.2, 0.25) is 11.8 Å². The Bertz CT molecular complexity index is 503. The van der Waals surface area contributed by atoms with Gasteiger partial charge in [-0.1, -0.05) is 37.3 Å². The summed E-state index contributed by atoms with van der Waals surface area (Å²) in [5.74, 6) is -0.0773. The Balaban J connectivity index is 2.33. The van der Waals surface area contributed by atoms with Gasteiger partial charge in [0, 0.05) is 12.1 Å². The van der Waals surface area contributed by atoms with Crippen molar-refractivity contribution in [2.75, 3.05) is 19.6 Å². The number of hydrogen-bond acceptors (Lipinski definition) is 3. The van der Waals surface area contributed by atoms with E-state index in [1.807, 2.05) is 50.8 Å². The molecule has 0 aromatic heterocycles. The van der Waals surface area contributed by atoms with E-state index in [4.69, 9.17) is 0 Å². The van der Waals surface area contributed by atoms with E-state index in [-0.39, 0.29) is 37.0 Å². The van der Waals surface area contributed by atoms with Crippen LogP contribution in [0.15, 0.2) is 30.3 Å². The van der Waals surface area contributed by atoms with E-state index in [1.165, 1.54) is 5.56 Å². The molecule has 0 radical (unpaired) electrons. The molecule has 1 atom stereocenters. The van der Waals surface area contributed by atoms with Crippen molar-refractivity contribution in [3.63, 3.8) is 0 Å². The van der Waals surface area contributed by atoms with E-state index in [9.17, 15) is 9.59 Å². The van der Waals surface area contributed by atoms with E-state index in [0.29, 0.717) is 6.54 Å². The molecule has 0 bridgehead atoms. The molecule has 1 aromatic carbocycles. The molecule has 0 fully saturated rings. The van der Waals surface area contributed by atoms with Gasteiger partial charge in [0.05, 0.1) is 13.1 Å². The Morgan fingerprint density at radius 1 is 1.00 bits per heavy atom. The molecular weight excluding hydrogens is 302 g/mol. The molecule has 0 spiro atoms. The lowest BCUT2D eigenvalue weighted by Gasteiger charge is -2.21. The minimum Gasteiger partial charge on any atom is -0.353 e. The average Bonchev–Trinajstić information content (AvgIpc) is 2.52. The maximum absolute atomic E-state index is 12.2. The lowest BCUT2D eigenvalue weighted by Crippen LogP contribution is -2.45. The van der Waals surface area contributed by atoms with Crippen LogP contribution in [0.2, 0.25) is 0 Å². The maximum Gasteiger partial charge on any atom is 0.234 e. The summed E-state index contributed by atoms with van der Waals surface area (Å²) in [5.41, 5.74) is 1.28. The second-order valence-electron chi connectivity index (χ2n) is 6.52. The van der Waals surface area contributed by atoms with Crippen LogP contribution in [0, 0.1) is 0 Å². The highest BCUT2D eigenvalue weighted by molar-refractivity contribution is 5.81. The fourth-order valence-corrected chi connectivity index (χ4v) is 2.47. The zero-order valence-electron chi connectivity index (χ0n) is 15.3. The zero-order chi connectivity index (χ0) is 17.9. The van der Waals surface area contributed by atoms with Crippen LogP contribution in [-0.4, -0.2) is 48.4 Å². The van der Waals surface area contributed by atoms with Crippen LogP contribution >= 0.6 is 0 Å². The van der Waals surface area contributed by atoms with E-state index >= 15 is 0 Å². The minimum absolute atomic E-state index is 0.0326. The molecule has 134 valence electrons. The molecule has 2 amide bonds. The Hall–Kier alpha value is -1.88. The maximum atomic E-state index is 12.2. The van der Waals surface area contributed by atoms with Crippen LogP contribution in [0.5, 0.6) is 0 Å². The molecular formula is C19H31N3O2. The summed E-state index contributed by atoms with van der Waals surface area (Å²) in [7, 11) is 0. The van der Waals surface area contributed by atoms with E-state index in [1.54, 1.807) is 0 Å². The topological polar surface area (TPSA) is 61.4 Å². The molecule has 0 aliphatic rings. The number of amides is 2. The van der Waals surface area contributed by atoms with Gasteiger partial charge in [-0.3, -0.25) is 14.5 Å². The number of rotatable bonds is 10. The molecule has 24 heavy (non-hydrogen) atoms. The second-order valence-corrected chi connectivity index (χ2v) is 6.52.